The molecule has 3 nitrogen and oxygen atoms in total. The maximum Gasteiger partial charge on any atom is 0.0611 e. The highest BCUT2D eigenvalue weighted by Crippen LogP contribution is 2.25. The van der Waals surface area contributed by atoms with Gasteiger partial charge >= 0.3 is 0 Å². The van der Waals surface area contributed by atoms with Gasteiger partial charge in [-0.3, -0.25) is 0 Å². The molecule has 1 fully saturated rings. The van der Waals surface area contributed by atoms with Gasteiger partial charge in [-0.1, -0.05) is 13.8 Å². The number of aliphatic hydroxyl groups excluding tert-OH is 1. The van der Waals surface area contributed by atoms with Gasteiger partial charge in [0.05, 0.1) is 12.7 Å². The van der Waals surface area contributed by atoms with Crippen LogP contribution < -0.4 is 5.32 Å². The highest BCUT2D eigenvalue weighted by Gasteiger charge is 2.33. The lowest BCUT2D eigenvalue weighted by molar-refractivity contribution is 0.0230. The van der Waals surface area contributed by atoms with Crippen molar-refractivity contribution in [2.24, 2.45) is 5.92 Å². The van der Waals surface area contributed by atoms with Crippen molar-refractivity contribution in [3.8, 4) is 0 Å². The van der Waals surface area contributed by atoms with Crippen molar-refractivity contribution in [3.63, 3.8) is 0 Å². The largest absolute Gasteiger partial charge is 0.394 e. The Hall–Kier alpha value is -0.120. The van der Waals surface area contributed by atoms with Crippen molar-refractivity contribution >= 4 is 0 Å². The first-order valence-electron chi connectivity index (χ1n) is 6.95. The molecule has 0 heterocycles. The van der Waals surface area contributed by atoms with E-state index < -0.39 is 0 Å². The average molecular weight is 243 g/mol. The van der Waals surface area contributed by atoms with Gasteiger partial charge in [0.2, 0.25) is 0 Å². The molecule has 17 heavy (non-hydrogen) atoms. The summed E-state index contributed by atoms with van der Waals surface area (Å²) in [6, 6.07) is 0.620. The van der Waals surface area contributed by atoms with Crippen LogP contribution in [0.25, 0.3) is 0 Å². The number of rotatable bonds is 9. The zero-order chi connectivity index (χ0) is 12.9. The quantitative estimate of drug-likeness (QED) is 0.653. The van der Waals surface area contributed by atoms with E-state index in [0.717, 1.165) is 19.4 Å². The average Bonchev–Trinajstić information content (AvgIpc) is 3.00. The van der Waals surface area contributed by atoms with Crippen LogP contribution >= 0.6 is 0 Å². The molecule has 3 heteroatoms. The Labute approximate surface area is 106 Å². The SMILES string of the molecule is CC(C)CCOC(C)CC(C)(CO)NC1CC1. The van der Waals surface area contributed by atoms with Crippen LogP contribution in [0, 0.1) is 5.92 Å². The van der Waals surface area contributed by atoms with Gasteiger partial charge in [0, 0.05) is 18.2 Å². The van der Waals surface area contributed by atoms with Gasteiger partial charge in [0.25, 0.3) is 0 Å². The van der Waals surface area contributed by atoms with Gasteiger partial charge in [-0.15, -0.1) is 0 Å². The molecule has 0 radical (unpaired) electrons. The third-order valence-corrected chi connectivity index (χ3v) is 3.31. The fourth-order valence-electron chi connectivity index (χ4n) is 2.09. The van der Waals surface area contributed by atoms with Crippen LogP contribution in [0.3, 0.4) is 0 Å². The van der Waals surface area contributed by atoms with Gasteiger partial charge in [-0.2, -0.15) is 0 Å². The van der Waals surface area contributed by atoms with E-state index in [1.165, 1.54) is 12.8 Å². The van der Waals surface area contributed by atoms with Crippen LogP contribution in [0.15, 0.2) is 0 Å². The Balaban J connectivity index is 2.23. The van der Waals surface area contributed by atoms with Gasteiger partial charge in [-0.05, 0) is 45.4 Å². The zero-order valence-electron chi connectivity index (χ0n) is 11.8. The molecule has 1 aliphatic rings. The molecular weight excluding hydrogens is 214 g/mol. The highest BCUT2D eigenvalue weighted by molar-refractivity contribution is 4.93. The molecule has 0 saturated heterocycles. The summed E-state index contributed by atoms with van der Waals surface area (Å²) in [5.41, 5.74) is -0.182. The molecular formula is C14H29NO2. The first-order chi connectivity index (χ1) is 7.95. The fraction of sp³-hybridized carbons (Fsp3) is 1.00. The third-order valence-electron chi connectivity index (χ3n) is 3.31. The summed E-state index contributed by atoms with van der Waals surface area (Å²) in [6.45, 7) is 9.61. The number of hydrogen-bond acceptors (Lipinski definition) is 3. The predicted octanol–water partition coefficient (Wildman–Crippen LogP) is 2.33. The van der Waals surface area contributed by atoms with Gasteiger partial charge < -0.3 is 15.2 Å². The van der Waals surface area contributed by atoms with Crippen molar-refractivity contribution in [2.45, 2.75) is 71.1 Å². The third kappa shape index (κ3) is 6.39. The molecule has 0 aromatic carbocycles. The Morgan fingerprint density at radius 1 is 1.35 bits per heavy atom. The lowest BCUT2D eigenvalue weighted by atomic mass is 9.95. The van der Waals surface area contributed by atoms with E-state index in [-0.39, 0.29) is 18.2 Å². The topological polar surface area (TPSA) is 41.5 Å². The second-order valence-corrected chi connectivity index (χ2v) is 6.21. The van der Waals surface area contributed by atoms with E-state index in [2.05, 4.69) is 33.0 Å². The van der Waals surface area contributed by atoms with E-state index >= 15 is 0 Å². The minimum atomic E-state index is -0.182. The van der Waals surface area contributed by atoms with Crippen molar-refractivity contribution in [1.29, 1.82) is 0 Å². The van der Waals surface area contributed by atoms with E-state index in [4.69, 9.17) is 4.74 Å². The first kappa shape index (κ1) is 14.9. The molecule has 0 aromatic heterocycles. The van der Waals surface area contributed by atoms with Crippen molar-refractivity contribution in [3.05, 3.63) is 0 Å². The summed E-state index contributed by atoms with van der Waals surface area (Å²) in [4.78, 5) is 0. The Bertz CT molecular complexity index is 216. The molecule has 0 spiro atoms. The van der Waals surface area contributed by atoms with E-state index in [9.17, 15) is 5.11 Å². The molecule has 1 saturated carbocycles. The Morgan fingerprint density at radius 3 is 2.47 bits per heavy atom. The first-order valence-corrected chi connectivity index (χ1v) is 6.95. The number of ether oxygens (including phenoxy) is 1. The van der Waals surface area contributed by atoms with Crippen LogP contribution in [-0.2, 0) is 4.74 Å². The van der Waals surface area contributed by atoms with E-state index in [1.54, 1.807) is 0 Å². The van der Waals surface area contributed by atoms with E-state index in [0.29, 0.717) is 12.0 Å². The smallest absolute Gasteiger partial charge is 0.0611 e. The van der Waals surface area contributed by atoms with Crippen LogP contribution in [0.1, 0.15) is 53.4 Å². The van der Waals surface area contributed by atoms with Crippen LogP contribution in [-0.4, -0.2) is 36.0 Å². The lowest BCUT2D eigenvalue weighted by Crippen LogP contribution is -2.49. The Morgan fingerprint density at radius 2 is 2.00 bits per heavy atom. The van der Waals surface area contributed by atoms with Crippen LogP contribution in [0.2, 0.25) is 0 Å². The molecule has 1 aliphatic carbocycles. The summed E-state index contributed by atoms with van der Waals surface area (Å²) in [5, 5.41) is 13.0. The zero-order valence-corrected chi connectivity index (χ0v) is 11.8. The monoisotopic (exact) mass is 243 g/mol. The molecule has 0 aromatic rings. The molecule has 2 atom stereocenters. The summed E-state index contributed by atoms with van der Waals surface area (Å²) in [5.74, 6) is 0.691. The maximum absolute atomic E-state index is 9.51. The summed E-state index contributed by atoms with van der Waals surface area (Å²) in [7, 11) is 0. The minimum absolute atomic E-state index is 0.182. The van der Waals surface area contributed by atoms with Gasteiger partial charge in [0.15, 0.2) is 0 Å². The molecule has 1 rings (SSSR count). The lowest BCUT2D eigenvalue weighted by Gasteiger charge is -2.31. The van der Waals surface area contributed by atoms with Crippen LogP contribution in [0.5, 0.6) is 0 Å². The molecule has 2 N–H and O–H groups in total. The minimum Gasteiger partial charge on any atom is -0.394 e. The number of aliphatic hydroxyl groups is 1. The normalized spacial score (nSPS) is 21.5. The highest BCUT2D eigenvalue weighted by atomic mass is 16.5. The molecule has 0 bridgehead atoms. The van der Waals surface area contributed by atoms with Crippen molar-refractivity contribution < 1.29 is 9.84 Å². The van der Waals surface area contributed by atoms with Gasteiger partial charge in [-0.25, -0.2) is 0 Å². The number of hydrogen-bond donors (Lipinski definition) is 2. The number of nitrogens with one attached hydrogen (secondary N) is 1. The molecule has 0 amide bonds. The van der Waals surface area contributed by atoms with Crippen molar-refractivity contribution in [1.82, 2.24) is 5.32 Å². The van der Waals surface area contributed by atoms with E-state index in [1.807, 2.05) is 0 Å². The van der Waals surface area contributed by atoms with Crippen LogP contribution in [0.4, 0.5) is 0 Å². The second-order valence-electron chi connectivity index (χ2n) is 6.21. The molecule has 2 unspecified atom stereocenters. The summed E-state index contributed by atoms with van der Waals surface area (Å²) < 4.78 is 5.80. The fourth-order valence-corrected chi connectivity index (χ4v) is 2.09. The standard InChI is InChI=1S/C14H29NO2/c1-11(2)7-8-17-12(3)9-14(4,10-16)15-13-5-6-13/h11-13,15-16H,5-10H2,1-4H3. The van der Waals surface area contributed by atoms with Crippen molar-refractivity contribution in [2.75, 3.05) is 13.2 Å². The Kier molecular flexibility index (Phi) is 5.90. The predicted molar refractivity (Wildman–Crippen MR) is 71.1 cm³/mol. The second kappa shape index (κ2) is 6.72. The maximum atomic E-state index is 9.51. The summed E-state index contributed by atoms with van der Waals surface area (Å²) >= 11 is 0. The molecule has 0 aliphatic heterocycles. The van der Waals surface area contributed by atoms with Gasteiger partial charge in [0.1, 0.15) is 0 Å². The molecule has 102 valence electrons. The summed E-state index contributed by atoms with van der Waals surface area (Å²) in [6.07, 6.45) is 4.68.